The van der Waals surface area contributed by atoms with E-state index in [1.54, 1.807) is 11.1 Å². The molecule has 3 rings (SSSR count). The van der Waals surface area contributed by atoms with Crippen molar-refractivity contribution < 1.29 is 4.79 Å². The van der Waals surface area contributed by atoms with E-state index < -0.39 is 0 Å². The minimum atomic E-state index is 0.0801. The first-order valence-electron chi connectivity index (χ1n) is 8.70. The first kappa shape index (κ1) is 16.7. The van der Waals surface area contributed by atoms with Gasteiger partial charge in [-0.15, -0.1) is 0 Å². The Kier molecular flexibility index (Phi) is 5.59. The van der Waals surface area contributed by atoms with Crippen LogP contribution in [0, 0.1) is 0 Å². The Balaban J connectivity index is 1.63. The van der Waals surface area contributed by atoms with Crippen molar-refractivity contribution in [2.45, 2.75) is 25.2 Å². The summed E-state index contributed by atoms with van der Waals surface area (Å²) in [7, 11) is 1.86. The van der Waals surface area contributed by atoms with Gasteiger partial charge in [0.15, 0.2) is 0 Å². The van der Waals surface area contributed by atoms with Crippen molar-refractivity contribution in [3.05, 3.63) is 65.5 Å². The van der Waals surface area contributed by atoms with E-state index in [-0.39, 0.29) is 5.91 Å². The smallest absolute Gasteiger partial charge is 0.253 e. The highest BCUT2D eigenvalue weighted by Gasteiger charge is 2.18. The predicted octanol–water partition coefficient (Wildman–Crippen LogP) is 2.86. The molecule has 4 heteroatoms. The summed E-state index contributed by atoms with van der Waals surface area (Å²) >= 11 is 0. The SMILES string of the molecule is CN(CCc1ccccn1)C(=O)c1cccc(C2CCCNC2)c1. The number of piperidine rings is 1. The summed E-state index contributed by atoms with van der Waals surface area (Å²) in [6, 6.07) is 14.0. The van der Waals surface area contributed by atoms with E-state index in [9.17, 15) is 4.79 Å². The maximum absolute atomic E-state index is 12.7. The third-order valence-corrected chi connectivity index (χ3v) is 4.68. The van der Waals surface area contributed by atoms with Crippen LogP contribution < -0.4 is 5.32 Å². The molecule has 1 aliphatic rings. The lowest BCUT2D eigenvalue weighted by Crippen LogP contribution is -2.30. The third-order valence-electron chi connectivity index (χ3n) is 4.68. The van der Waals surface area contributed by atoms with Crippen LogP contribution in [-0.4, -0.2) is 42.5 Å². The maximum Gasteiger partial charge on any atom is 0.253 e. The van der Waals surface area contributed by atoms with Gasteiger partial charge in [0.1, 0.15) is 0 Å². The summed E-state index contributed by atoms with van der Waals surface area (Å²) in [5.74, 6) is 0.599. The van der Waals surface area contributed by atoms with Crippen LogP contribution in [0.1, 0.15) is 40.4 Å². The molecular weight excluding hydrogens is 298 g/mol. The Morgan fingerprint density at radius 2 is 2.21 bits per heavy atom. The fourth-order valence-corrected chi connectivity index (χ4v) is 3.21. The number of benzene rings is 1. The minimum Gasteiger partial charge on any atom is -0.341 e. The molecule has 126 valence electrons. The number of rotatable bonds is 5. The lowest BCUT2D eigenvalue weighted by Gasteiger charge is -2.24. The number of carbonyl (C=O) groups is 1. The van der Waals surface area contributed by atoms with Gasteiger partial charge in [0, 0.05) is 44.0 Å². The van der Waals surface area contributed by atoms with Gasteiger partial charge in [0.2, 0.25) is 0 Å². The quantitative estimate of drug-likeness (QED) is 0.920. The Morgan fingerprint density at radius 1 is 1.29 bits per heavy atom. The van der Waals surface area contributed by atoms with E-state index in [0.29, 0.717) is 12.5 Å². The van der Waals surface area contributed by atoms with Crippen molar-refractivity contribution in [1.29, 1.82) is 0 Å². The second-order valence-corrected chi connectivity index (χ2v) is 6.47. The van der Waals surface area contributed by atoms with E-state index in [0.717, 1.165) is 30.8 Å². The van der Waals surface area contributed by atoms with Gasteiger partial charge in [-0.2, -0.15) is 0 Å². The van der Waals surface area contributed by atoms with Crippen LogP contribution in [-0.2, 0) is 6.42 Å². The lowest BCUT2D eigenvalue weighted by atomic mass is 9.90. The summed E-state index contributed by atoms with van der Waals surface area (Å²) < 4.78 is 0. The van der Waals surface area contributed by atoms with Crippen molar-refractivity contribution >= 4 is 5.91 Å². The molecule has 0 bridgehead atoms. The highest BCUT2D eigenvalue weighted by molar-refractivity contribution is 5.94. The van der Waals surface area contributed by atoms with Gasteiger partial charge in [-0.3, -0.25) is 9.78 Å². The first-order chi connectivity index (χ1) is 11.7. The number of nitrogens with zero attached hydrogens (tertiary/aromatic N) is 2. The number of hydrogen-bond acceptors (Lipinski definition) is 3. The Morgan fingerprint density at radius 3 is 2.96 bits per heavy atom. The molecule has 1 N–H and O–H groups in total. The van der Waals surface area contributed by atoms with Crippen LogP contribution in [0.15, 0.2) is 48.7 Å². The predicted molar refractivity (Wildman–Crippen MR) is 96.2 cm³/mol. The minimum absolute atomic E-state index is 0.0801. The van der Waals surface area contributed by atoms with Crippen molar-refractivity contribution in [2.24, 2.45) is 0 Å². The second kappa shape index (κ2) is 8.06. The average Bonchev–Trinajstić information content (AvgIpc) is 2.67. The van der Waals surface area contributed by atoms with Crippen molar-refractivity contribution in [2.75, 3.05) is 26.7 Å². The van der Waals surface area contributed by atoms with Gasteiger partial charge in [-0.25, -0.2) is 0 Å². The number of amides is 1. The standard InChI is InChI=1S/C20H25N3O/c1-23(13-10-19-9-2-3-12-22-19)20(24)17-7-4-6-16(14-17)18-8-5-11-21-15-18/h2-4,6-7,9,12,14,18,21H,5,8,10-11,13,15H2,1H3. The van der Waals surface area contributed by atoms with Gasteiger partial charge in [0.25, 0.3) is 5.91 Å². The molecule has 2 aromatic rings. The Hall–Kier alpha value is -2.20. The van der Waals surface area contributed by atoms with Crippen molar-refractivity contribution in [3.8, 4) is 0 Å². The van der Waals surface area contributed by atoms with Gasteiger partial charge < -0.3 is 10.2 Å². The van der Waals surface area contributed by atoms with E-state index >= 15 is 0 Å². The molecule has 1 atom stereocenters. The third kappa shape index (κ3) is 4.20. The molecule has 0 aliphatic carbocycles. The molecule has 0 radical (unpaired) electrons. The number of nitrogens with one attached hydrogen (secondary N) is 1. The average molecular weight is 323 g/mol. The summed E-state index contributed by atoms with van der Waals surface area (Å²) in [5.41, 5.74) is 3.06. The summed E-state index contributed by atoms with van der Waals surface area (Å²) in [6.45, 7) is 2.78. The van der Waals surface area contributed by atoms with Crippen LogP contribution >= 0.6 is 0 Å². The van der Waals surface area contributed by atoms with Crippen molar-refractivity contribution in [1.82, 2.24) is 15.2 Å². The van der Waals surface area contributed by atoms with E-state index in [2.05, 4.69) is 22.4 Å². The zero-order chi connectivity index (χ0) is 16.8. The Labute approximate surface area is 143 Å². The van der Waals surface area contributed by atoms with E-state index in [4.69, 9.17) is 0 Å². The number of likely N-dealkylation sites (N-methyl/N-ethyl adjacent to an activating group) is 1. The molecule has 24 heavy (non-hydrogen) atoms. The molecule has 1 fully saturated rings. The van der Waals surface area contributed by atoms with Crippen LogP contribution in [0.2, 0.25) is 0 Å². The van der Waals surface area contributed by atoms with E-state index in [1.165, 1.54) is 18.4 Å². The van der Waals surface area contributed by atoms with Crippen molar-refractivity contribution in [3.63, 3.8) is 0 Å². The molecule has 1 amide bonds. The van der Waals surface area contributed by atoms with Crippen LogP contribution in [0.25, 0.3) is 0 Å². The Bertz CT molecular complexity index is 666. The number of pyridine rings is 1. The molecule has 1 aromatic carbocycles. The van der Waals surface area contributed by atoms with E-state index in [1.807, 2.05) is 37.4 Å². The molecule has 0 spiro atoms. The van der Waals surface area contributed by atoms with Gasteiger partial charge >= 0.3 is 0 Å². The zero-order valence-corrected chi connectivity index (χ0v) is 14.2. The maximum atomic E-state index is 12.7. The fourth-order valence-electron chi connectivity index (χ4n) is 3.21. The zero-order valence-electron chi connectivity index (χ0n) is 14.2. The number of hydrogen-bond donors (Lipinski definition) is 1. The normalized spacial score (nSPS) is 17.5. The number of carbonyl (C=O) groups excluding carboxylic acids is 1. The summed E-state index contributed by atoms with van der Waals surface area (Å²) in [6.07, 6.45) is 4.96. The molecule has 0 saturated carbocycles. The van der Waals surface area contributed by atoms with Crippen LogP contribution in [0.4, 0.5) is 0 Å². The van der Waals surface area contributed by atoms with Crippen LogP contribution in [0.3, 0.4) is 0 Å². The lowest BCUT2D eigenvalue weighted by molar-refractivity contribution is 0.0796. The summed E-state index contributed by atoms with van der Waals surface area (Å²) in [5, 5.41) is 3.44. The first-order valence-corrected chi connectivity index (χ1v) is 8.70. The largest absolute Gasteiger partial charge is 0.341 e. The fraction of sp³-hybridized carbons (Fsp3) is 0.400. The molecule has 2 heterocycles. The van der Waals surface area contributed by atoms with Gasteiger partial charge in [-0.05, 0) is 55.1 Å². The van der Waals surface area contributed by atoms with Crippen LogP contribution in [0.5, 0.6) is 0 Å². The second-order valence-electron chi connectivity index (χ2n) is 6.47. The molecule has 1 aliphatic heterocycles. The molecule has 4 nitrogen and oxygen atoms in total. The highest BCUT2D eigenvalue weighted by Crippen LogP contribution is 2.24. The number of aromatic nitrogens is 1. The van der Waals surface area contributed by atoms with Gasteiger partial charge in [0.05, 0.1) is 0 Å². The molecule has 1 saturated heterocycles. The highest BCUT2D eigenvalue weighted by atomic mass is 16.2. The summed E-state index contributed by atoms with van der Waals surface area (Å²) in [4.78, 5) is 18.8. The molecule has 1 aromatic heterocycles. The monoisotopic (exact) mass is 323 g/mol. The molecular formula is C20H25N3O. The molecule has 1 unspecified atom stereocenters. The topological polar surface area (TPSA) is 45.2 Å². The van der Waals surface area contributed by atoms with Gasteiger partial charge in [-0.1, -0.05) is 18.2 Å².